The number of likely N-dealkylation sites (tertiary alicyclic amines) is 1. The summed E-state index contributed by atoms with van der Waals surface area (Å²) in [4.78, 5) is 23.3. The van der Waals surface area contributed by atoms with Gasteiger partial charge in [0.25, 0.3) is 5.91 Å². The van der Waals surface area contributed by atoms with Crippen molar-refractivity contribution in [3.8, 4) is 5.75 Å². The first-order chi connectivity index (χ1) is 17.5. The fourth-order valence-corrected chi connectivity index (χ4v) is 4.18. The third kappa shape index (κ3) is 5.49. The minimum atomic E-state index is -0.629. The molecule has 2 aromatic carbocycles. The van der Waals surface area contributed by atoms with E-state index in [1.165, 1.54) is 19.0 Å². The standard InChI is InChI=1S/C26H28N8O2/c1-17-15-20-22(5-4-6-23(20)33-32-17)30-25-21(24(27)35)16-28-26(31-25)29-18-7-9-19(10-8-18)36-14-13-34-11-2-3-12-34/h4-10,15-16H,2-3,11-14H2,1H3,(H2,27,35)(H2,28,29,30,31). The van der Waals surface area contributed by atoms with Crippen LogP contribution in [0.15, 0.2) is 54.7 Å². The normalized spacial score (nSPS) is 13.6. The zero-order chi connectivity index (χ0) is 24.9. The molecule has 0 bridgehead atoms. The van der Waals surface area contributed by atoms with Crippen LogP contribution in [0, 0.1) is 6.92 Å². The van der Waals surface area contributed by atoms with Gasteiger partial charge in [-0.2, -0.15) is 15.2 Å². The maximum Gasteiger partial charge on any atom is 0.254 e. The maximum atomic E-state index is 12.0. The number of fused-ring (bicyclic) bond motifs is 1. The van der Waals surface area contributed by atoms with Gasteiger partial charge in [0.05, 0.1) is 11.2 Å². The highest BCUT2D eigenvalue weighted by atomic mass is 16.5. The Balaban J connectivity index is 1.31. The molecule has 4 aromatic rings. The number of nitrogens with zero attached hydrogens (tertiary/aromatic N) is 5. The van der Waals surface area contributed by atoms with Crippen LogP contribution < -0.4 is 21.1 Å². The minimum Gasteiger partial charge on any atom is -0.492 e. The lowest BCUT2D eigenvalue weighted by atomic mass is 10.1. The molecule has 0 aliphatic carbocycles. The number of benzene rings is 2. The second-order valence-electron chi connectivity index (χ2n) is 8.72. The summed E-state index contributed by atoms with van der Waals surface area (Å²) in [7, 11) is 0. The van der Waals surface area contributed by atoms with Gasteiger partial charge in [0, 0.05) is 29.5 Å². The van der Waals surface area contributed by atoms with Crippen LogP contribution in [0.2, 0.25) is 0 Å². The van der Waals surface area contributed by atoms with E-state index in [0.717, 1.165) is 53.4 Å². The molecule has 0 saturated carbocycles. The quantitative estimate of drug-likeness (QED) is 0.325. The summed E-state index contributed by atoms with van der Waals surface area (Å²) >= 11 is 0. The Morgan fingerprint density at radius 1 is 1.08 bits per heavy atom. The molecule has 1 fully saturated rings. The Kier molecular flexibility index (Phi) is 6.85. The Hall–Kier alpha value is -4.31. The molecule has 2 aromatic heterocycles. The van der Waals surface area contributed by atoms with Crippen molar-refractivity contribution >= 4 is 40.0 Å². The number of aryl methyl sites for hydroxylation is 1. The second-order valence-corrected chi connectivity index (χ2v) is 8.72. The third-order valence-electron chi connectivity index (χ3n) is 6.04. The molecule has 36 heavy (non-hydrogen) atoms. The topological polar surface area (TPSA) is 131 Å². The Labute approximate surface area is 208 Å². The summed E-state index contributed by atoms with van der Waals surface area (Å²) in [6, 6.07) is 15.1. The number of hydrogen-bond acceptors (Lipinski definition) is 9. The molecule has 3 heterocycles. The summed E-state index contributed by atoms with van der Waals surface area (Å²) in [6.07, 6.45) is 3.96. The molecule has 184 valence electrons. The lowest BCUT2D eigenvalue weighted by Crippen LogP contribution is -2.25. The molecular formula is C26H28N8O2. The predicted molar refractivity (Wildman–Crippen MR) is 139 cm³/mol. The highest BCUT2D eigenvalue weighted by molar-refractivity contribution is 6.00. The van der Waals surface area contributed by atoms with E-state index in [-0.39, 0.29) is 5.56 Å². The highest BCUT2D eigenvalue weighted by Crippen LogP contribution is 2.27. The number of anilines is 4. The van der Waals surface area contributed by atoms with Crippen molar-refractivity contribution in [2.45, 2.75) is 19.8 Å². The smallest absolute Gasteiger partial charge is 0.254 e. The van der Waals surface area contributed by atoms with E-state index in [4.69, 9.17) is 10.5 Å². The van der Waals surface area contributed by atoms with Crippen molar-refractivity contribution < 1.29 is 9.53 Å². The van der Waals surface area contributed by atoms with Gasteiger partial charge in [-0.15, -0.1) is 0 Å². The molecule has 1 saturated heterocycles. The van der Waals surface area contributed by atoms with E-state index in [0.29, 0.717) is 18.4 Å². The number of primary amides is 1. The SMILES string of the molecule is Cc1cc2c(Nc3nc(Nc4ccc(OCCN5CCCC5)cc4)ncc3C(N)=O)cccc2nn1. The van der Waals surface area contributed by atoms with Crippen LogP contribution in [-0.2, 0) is 0 Å². The predicted octanol–water partition coefficient (Wildman–Crippen LogP) is 3.79. The Morgan fingerprint density at radius 3 is 2.67 bits per heavy atom. The van der Waals surface area contributed by atoms with Crippen LogP contribution in [-0.4, -0.2) is 57.2 Å². The van der Waals surface area contributed by atoms with E-state index in [2.05, 4.69) is 35.7 Å². The van der Waals surface area contributed by atoms with Crippen molar-refractivity contribution in [1.82, 2.24) is 25.1 Å². The van der Waals surface area contributed by atoms with Crippen molar-refractivity contribution in [2.75, 3.05) is 36.9 Å². The number of carbonyl (C=O) groups excluding carboxylic acids is 1. The zero-order valence-corrected chi connectivity index (χ0v) is 20.1. The van der Waals surface area contributed by atoms with Gasteiger partial charge in [0.2, 0.25) is 5.95 Å². The highest BCUT2D eigenvalue weighted by Gasteiger charge is 2.15. The number of carbonyl (C=O) groups is 1. The number of hydrogen-bond donors (Lipinski definition) is 3. The number of rotatable bonds is 9. The van der Waals surface area contributed by atoms with Crippen molar-refractivity contribution in [2.24, 2.45) is 5.73 Å². The molecule has 1 amide bonds. The Morgan fingerprint density at radius 2 is 1.89 bits per heavy atom. The van der Waals surface area contributed by atoms with E-state index in [9.17, 15) is 4.79 Å². The summed E-state index contributed by atoms with van der Waals surface area (Å²) in [6.45, 7) is 5.80. The zero-order valence-electron chi connectivity index (χ0n) is 20.1. The molecule has 0 unspecified atom stereocenters. The molecule has 1 aliphatic rings. The molecule has 10 heteroatoms. The molecule has 0 atom stereocenters. The van der Waals surface area contributed by atoms with Gasteiger partial charge >= 0.3 is 0 Å². The first-order valence-corrected chi connectivity index (χ1v) is 11.9. The van der Waals surface area contributed by atoms with Gasteiger partial charge in [-0.1, -0.05) is 6.07 Å². The molecule has 0 spiro atoms. The molecule has 10 nitrogen and oxygen atoms in total. The van der Waals surface area contributed by atoms with Crippen molar-refractivity contribution in [1.29, 1.82) is 0 Å². The summed E-state index contributed by atoms with van der Waals surface area (Å²) in [5.74, 6) is 0.794. The third-order valence-corrected chi connectivity index (χ3v) is 6.04. The largest absolute Gasteiger partial charge is 0.492 e. The summed E-state index contributed by atoms with van der Waals surface area (Å²) in [5.41, 5.74) is 8.78. The van der Waals surface area contributed by atoms with Gasteiger partial charge in [-0.25, -0.2) is 4.98 Å². The number of ether oxygens (including phenoxy) is 1. The first kappa shape index (κ1) is 23.4. The maximum absolute atomic E-state index is 12.0. The van der Waals surface area contributed by atoms with E-state index < -0.39 is 5.91 Å². The van der Waals surface area contributed by atoms with Gasteiger partial charge in [-0.05, 0) is 75.3 Å². The molecule has 0 radical (unpaired) electrons. The van der Waals surface area contributed by atoms with Crippen LogP contribution in [0.5, 0.6) is 5.75 Å². The second kappa shape index (κ2) is 10.5. The van der Waals surface area contributed by atoms with E-state index >= 15 is 0 Å². The van der Waals surface area contributed by atoms with Gasteiger partial charge < -0.3 is 21.1 Å². The van der Waals surface area contributed by atoms with Crippen molar-refractivity contribution in [3.05, 3.63) is 66.0 Å². The van der Waals surface area contributed by atoms with Crippen LogP contribution in [0.3, 0.4) is 0 Å². The van der Waals surface area contributed by atoms with Crippen LogP contribution in [0.1, 0.15) is 28.9 Å². The monoisotopic (exact) mass is 484 g/mol. The molecule has 5 rings (SSSR count). The lowest BCUT2D eigenvalue weighted by Gasteiger charge is -2.15. The average molecular weight is 485 g/mol. The fourth-order valence-electron chi connectivity index (χ4n) is 4.18. The Bertz CT molecular complexity index is 1370. The summed E-state index contributed by atoms with van der Waals surface area (Å²) < 4.78 is 5.87. The van der Waals surface area contributed by atoms with E-state index in [1.54, 1.807) is 0 Å². The van der Waals surface area contributed by atoms with Gasteiger partial charge in [0.15, 0.2) is 0 Å². The minimum absolute atomic E-state index is 0.179. The lowest BCUT2D eigenvalue weighted by molar-refractivity contribution is 0.100. The first-order valence-electron chi connectivity index (χ1n) is 11.9. The number of amides is 1. The average Bonchev–Trinajstić information content (AvgIpc) is 3.39. The van der Waals surface area contributed by atoms with Crippen LogP contribution in [0.4, 0.5) is 23.1 Å². The number of aromatic nitrogens is 4. The van der Waals surface area contributed by atoms with Crippen LogP contribution >= 0.6 is 0 Å². The van der Waals surface area contributed by atoms with E-state index in [1.807, 2.05) is 55.5 Å². The fraction of sp³-hybridized carbons (Fsp3) is 0.269. The molecular weight excluding hydrogens is 456 g/mol. The van der Waals surface area contributed by atoms with Gasteiger partial charge in [-0.3, -0.25) is 9.69 Å². The molecule has 1 aliphatic heterocycles. The summed E-state index contributed by atoms with van der Waals surface area (Å²) in [5, 5.41) is 15.6. The number of nitrogens with one attached hydrogen (secondary N) is 2. The molecule has 4 N–H and O–H groups in total. The number of nitrogens with two attached hydrogens (primary N) is 1. The van der Waals surface area contributed by atoms with Crippen LogP contribution in [0.25, 0.3) is 10.9 Å². The van der Waals surface area contributed by atoms with Gasteiger partial charge in [0.1, 0.15) is 23.7 Å². The van der Waals surface area contributed by atoms with Crippen molar-refractivity contribution in [3.63, 3.8) is 0 Å².